The van der Waals surface area contributed by atoms with E-state index < -0.39 is 5.54 Å². The molecular weight excluding hydrogens is 277 g/mol. The zero-order valence-corrected chi connectivity index (χ0v) is 11.8. The quantitative estimate of drug-likeness (QED) is 0.660. The summed E-state index contributed by atoms with van der Waals surface area (Å²) in [5.41, 5.74) is 5.45. The van der Waals surface area contributed by atoms with Gasteiger partial charge < -0.3 is 11.1 Å². The molecule has 4 nitrogen and oxygen atoms in total. The van der Waals surface area contributed by atoms with Crippen LogP contribution < -0.4 is 11.1 Å². The molecule has 1 aliphatic carbocycles. The molecule has 6 heteroatoms. The maximum absolute atomic E-state index is 13.1. The predicted molar refractivity (Wildman–Crippen MR) is 76.5 cm³/mol. The Morgan fingerprint density at radius 3 is 2.85 bits per heavy atom. The summed E-state index contributed by atoms with van der Waals surface area (Å²) in [6, 6.07) is 6.27. The number of carbonyl (C=O) groups excluding carboxylic acids is 1. The van der Waals surface area contributed by atoms with Gasteiger partial charge in [0.15, 0.2) is 0 Å². The van der Waals surface area contributed by atoms with Crippen molar-refractivity contribution in [2.75, 3.05) is 11.5 Å². The molecule has 0 heterocycles. The van der Waals surface area contributed by atoms with Crippen molar-refractivity contribution in [3.8, 4) is 6.07 Å². The number of benzene rings is 1. The number of nitrogens with one attached hydrogen (secondary N) is 1. The van der Waals surface area contributed by atoms with Gasteiger partial charge in [0.25, 0.3) is 0 Å². The number of nitriles is 1. The van der Waals surface area contributed by atoms with Gasteiger partial charge in [-0.1, -0.05) is 0 Å². The van der Waals surface area contributed by atoms with Crippen molar-refractivity contribution in [2.45, 2.75) is 36.1 Å². The number of hydrogen-bond donors (Lipinski definition) is 2. The minimum absolute atomic E-state index is 0.122. The lowest BCUT2D eigenvalue weighted by Crippen LogP contribution is -2.45. The van der Waals surface area contributed by atoms with E-state index in [0.717, 1.165) is 12.8 Å². The average molecular weight is 293 g/mol. The summed E-state index contributed by atoms with van der Waals surface area (Å²) in [5, 5.41) is 12.0. The molecule has 3 N–H and O–H groups in total. The molecule has 0 bridgehead atoms. The Balaban J connectivity index is 1.92. The number of carbonyl (C=O) groups is 1. The van der Waals surface area contributed by atoms with Crippen molar-refractivity contribution >= 4 is 23.4 Å². The van der Waals surface area contributed by atoms with Crippen LogP contribution in [0, 0.1) is 17.1 Å². The monoisotopic (exact) mass is 293 g/mol. The van der Waals surface area contributed by atoms with E-state index in [4.69, 9.17) is 5.73 Å². The van der Waals surface area contributed by atoms with Crippen molar-refractivity contribution in [2.24, 2.45) is 0 Å². The molecule has 1 aliphatic rings. The highest BCUT2D eigenvalue weighted by Gasteiger charge is 2.35. The average Bonchev–Trinajstić information content (AvgIpc) is 2.89. The van der Waals surface area contributed by atoms with Crippen LogP contribution in [-0.4, -0.2) is 17.2 Å². The van der Waals surface area contributed by atoms with E-state index in [2.05, 4.69) is 11.4 Å². The molecule has 1 amide bonds. The van der Waals surface area contributed by atoms with Gasteiger partial charge in [-0.3, -0.25) is 4.79 Å². The molecule has 0 radical (unpaired) electrons. The van der Waals surface area contributed by atoms with Crippen LogP contribution in [-0.2, 0) is 4.79 Å². The van der Waals surface area contributed by atoms with Crippen molar-refractivity contribution in [1.82, 2.24) is 5.32 Å². The molecule has 0 saturated heterocycles. The van der Waals surface area contributed by atoms with Crippen molar-refractivity contribution in [3.05, 3.63) is 24.0 Å². The van der Waals surface area contributed by atoms with Gasteiger partial charge in [0, 0.05) is 10.6 Å². The fourth-order valence-corrected chi connectivity index (χ4v) is 3.11. The van der Waals surface area contributed by atoms with Gasteiger partial charge in [-0.25, -0.2) is 4.39 Å². The number of amides is 1. The van der Waals surface area contributed by atoms with Crippen LogP contribution in [0.1, 0.15) is 25.7 Å². The Kier molecular flexibility index (Phi) is 4.50. The zero-order chi connectivity index (χ0) is 14.6. The fraction of sp³-hybridized carbons (Fsp3) is 0.429. The van der Waals surface area contributed by atoms with Crippen LogP contribution >= 0.6 is 11.8 Å². The molecule has 2 rings (SSSR count). The molecule has 0 aliphatic heterocycles. The summed E-state index contributed by atoms with van der Waals surface area (Å²) < 4.78 is 13.1. The van der Waals surface area contributed by atoms with Crippen molar-refractivity contribution in [1.29, 1.82) is 5.26 Å². The predicted octanol–water partition coefficient (Wildman–Crippen LogP) is 2.45. The second-order valence-electron chi connectivity index (χ2n) is 4.92. The van der Waals surface area contributed by atoms with Crippen molar-refractivity contribution < 1.29 is 9.18 Å². The smallest absolute Gasteiger partial charge is 0.231 e. The van der Waals surface area contributed by atoms with Crippen LogP contribution in [0.2, 0.25) is 0 Å². The summed E-state index contributed by atoms with van der Waals surface area (Å²) in [6.45, 7) is 0. The first-order valence-electron chi connectivity index (χ1n) is 6.45. The largest absolute Gasteiger partial charge is 0.398 e. The first-order valence-corrected chi connectivity index (χ1v) is 7.43. The third kappa shape index (κ3) is 3.42. The van der Waals surface area contributed by atoms with Crippen LogP contribution in [0.3, 0.4) is 0 Å². The highest BCUT2D eigenvalue weighted by Crippen LogP contribution is 2.30. The lowest BCUT2D eigenvalue weighted by molar-refractivity contribution is -0.119. The first-order chi connectivity index (χ1) is 9.54. The third-order valence-electron chi connectivity index (χ3n) is 3.38. The minimum atomic E-state index is -0.717. The van der Waals surface area contributed by atoms with Gasteiger partial charge >= 0.3 is 0 Å². The van der Waals surface area contributed by atoms with E-state index >= 15 is 0 Å². The number of anilines is 1. The normalized spacial score (nSPS) is 16.6. The molecular formula is C14H16FN3OS. The molecule has 1 aromatic carbocycles. The molecule has 0 unspecified atom stereocenters. The molecule has 1 saturated carbocycles. The maximum atomic E-state index is 13.1. The first kappa shape index (κ1) is 14.7. The third-order valence-corrected chi connectivity index (χ3v) is 4.46. The molecule has 106 valence electrons. The Morgan fingerprint density at radius 1 is 1.50 bits per heavy atom. The van der Waals surface area contributed by atoms with E-state index in [1.807, 2.05) is 0 Å². The molecule has 1 fully saturated rings. The Morgan fingerprint density at radius 2 is 2.20 bits per heavy atom. The molecule has 0 aromatic heterocycles. The summed E-state index contributed by atoms with van der Waals surface area (Å²) in [7, 11) is 0. The van der Waals surface area contributed by atoms with E-state index in [0.29, 0.717) is 23.4 Å². The Labute approximate surface area is 121 Å². The number of rotatable bonds is 4. The molecule has 20 heavy (non-hydrogen) atoms. The van der Waals surface area contributed by atoms with Gasteiger partial charge in [0.2, 0.25) is 5.91 Å². The molecule has 0 atom stereocenters. The minimum Gasteiger partial charge on any atom is -0.398 e. The summed E-state index contributed by atoms with van der Waals surface area (Å²) in [6.07, 6.45) is 3.31. The topological polar surface area (TPSA) is 78.9 Å². The zero-order valence-electron chi connectivity index (χ0n) is 11.0. The second kappa shape index (κ2) is 6.14. The summed E-state index contributed by atoms with van der Waals surface area (Å²) >= 11 is 1.18. The second-order valence-corrected chi connectivity index (χ2v) is 5.94. The van der Waals surface area contributed by atoms with E-state index in [1.165, 1.54) is 30.0 Å². The highest BCUT2D eigenvalue weighted by atomic mass is 32.2. The van der Waals surface area contributed by atoms with Gasteiger partial charge in [-0.15, -0.1) is 11.8 Å². The number of hydrogen-bond acceptors (Lipinski definition) is 4. The SMILES string of the molecule is N#CC1(NC(=O)CSc2cc(F)ccc2N)CCCC1. The number of thioether (sulfide) groups is 1. The van der Waals surface area contributed by atoms with Gasteiger partial charge in [0.05, 0.1) is 11.8 Å². The number of nitrogen functional groups attached to an aromatic ring is 1. The van der Waals surface area contributed by atoms with Gasteiger partial charge in [-0.2, -0.15) is 5.26 Å². The lowest BCUT2D eigenvalue weighted by Gasteiger charge is -2.21. The Hall–Kier alpha value is -1.74. The van der Waals surface area contributed by atoms with Crippen LogP contribution in [0.15, 0.2) is 23.1 Å². The number of nitrogens with two attached hydrogens (primary N) is 1. The van der Waals surface area contributed by atoms with E-state index in [9.17, 15) is 14.4 Å². The standard InChI is InChI=1S/C14H16FN3OS/c15-10-3-4-11(17)12(7-10)20-8-13(19)18-14(9-16)5-1-2-6-14/h3-4,7H,1-2,5-6,8,17H2,(H,18,19). The van der Waals surface area contributed by atoms with Crippen LogP contribution in [0.25, 0.3) is 0 Å². The summed E-state index contributed by atoms with van der Waals surface area (Å²) in [5.74, 6) is -0.481. The number of nitrogens with zero attached hydrogens (tertiary/aromatic N) is 1. The number of halogens is 1. The van der Waals surface area contributed by atoms with Gasteiger partial charge in [0.1, 0.15) is 11.4 Å². The van der Waals surface area contributed by atoms with Gasteiger partial charge in [-0.05, 0) is 43.9 Å². The van der Waals surface area contributed by atoms with Crippen LogP contribution in [0.4, 0.5) is 10.1 Å². The van der Waals surface area contributed by atoms with Crippen LogP contribution in [0.5, 0.6) is 0 Å². The molecule has 1 aromatic rings. The molecule has 0 spiro atoms. The fourth-order valence-electron chi connectivity index (χ4n) is 2.32. The Bertz CT molecular complexity index is 550. The summed E-state index contributed by atoms with van der Waals surface area (Å²) in [4.78, 5) is 12.5. The van der Waals surface area contributed by atoms with E-state index in [-0.39, 0.29) is 17.5 Å². The van der Waals surface area contributed by atoms with Crippen molar-refractivity contribution in [3.63, 3.8) is 0 Å². The lowest BCUT2D eigenvalue weighted by atomic mass is 10.0. The highest BCUT2D eigenvalue weighted by molar-refractivity contribution is 8.00. The maximum Gasteiger partial charge on any atom is 0.231 e. The van der Waals surface area contributed by atoms with E-state index in [1.54, 1.807) is 0 Å².